The molecule has 4 N–H and O–H groups in total. The first-order valence-electron chi connectivity index (χ1n) is 6.33. The molecule has 0 aliphatic rings. The van der Waals surface area contributed by atoms with Crippen LogP contribution in [0.4, 0.5) is 5.69 Å². The molecule has 6 nitrogen and oxygen atoms in total. The van der Waals surface area contributed by atoms with Crippen molar-refractivity contribution in [1.29, 1.82) is 0 Å². The Morgan fingerprint density at radius 3 is 2.60 bits per heavy atom. The minimum Gasteiger partial charge on any atom is -0.379 e. The highest BCUT2D eigenvalue weighted by molar-refractivity contribution is 5.62. The van der Waals surface area contributed by atoms with Crippen molar-refractivity contribution in [2.75, 3.05) is 5.32 Å². The molecule has 0 atom stereocenters. The van der Waals surface area contributed by atoms with Crippen molar-refractivity contribution >= 4 is 5.69 Å². The van der Waals surface area contributed by atoms with Crippen LogP contribution in [-0.4, -0.2) is 20.2 Å². The van der Waals surface area contributed by atoms with E-state index in [-0.39, 0.29) is 5.56 Å². The Kier molecular flexibility index (Phi) is 3.12. The average Bonchev–Trinajstić information content (AvgIpc) is 3.06. The normalized spacial score (nSPS) is 10.7. The predicted molar refractivity (Wildman–Crippen MR) is 77.5 cm³/mol. The maximum absolute atomic E-state index is 11.1. The average molecular weight is 269 g/mol. The van der Waals surface area contributed by atoms with Crippen molar-refractivity contribution in [3.63, 3.8) is 0 Å². The molecule has 0 saturated heterocycles. The Bertz CT molecular complexity index is 750. The summed E-state index contributed by atoms with van der Waals surface area (Å²) in [5.41, 5.74) is 4.70. The second kappa shape index (κ2) is 5.08. The molecule has 0 unspecified atom stereocenters. The zero-order valence-electron chi connectivity index (χ0n) is 11.0. The summed E-state index contributed by atoms with van der Waals surface area (Å²) in [5, 5.41) is 8.66. The lowest BCUT2D eigenvalue weighted by Crippen LogP contribution is -2.01. The van der Waals surface area contributed by atoms with Crippen LogP contribution in [0.15, 0.2) is 41.5 Å². The Balaban J connectivity index is 1.70. The van der Waals surface area contributed by atoms with E-state index >= 15 is 0 Å². The van der Waals surface area contributed by atoms with Crippen molar-refractivity contribution < 1.29 is 0 Å². The first-order valence-corrected chi connectivity index (χ1v) is 6.33. The van der Waals surface area contributed by atoms with E-state index in [0.717, 1.165) is 28.3 Å². The van der Waals surface area contributed by atoms with Crippen LogP contribution < -0.4 is 10.9 Å². The lowest BCUT2D eigenvalue weighted by atomic mass is 10.1. The van der Waals surface area contributed by atoms with Crippen molar-refractivity contribution in [1.82, 2.24) is 20.2 Å². The van der Waals surface area contributed by atoms with E-state index in [2.05, 4.69) is 25.5 Å². The first-order chi connectivity index (χ1) is 9.72. The third kappa shape index (κ3) is 2.49. The smallest absolute Gasteiger partial charge is 0.264 e. The molecule has 0 aliphatic carbocycles. The number of hydrogen-bond acceptors (Lipinski definition) is 3. The van der Waals surface area contributed by atoms with Gasteiger partial charge < -0.3 is 10.3 Å². The Hall–Kier alpha value is -2.76. The van der Waals surface area contributed by atoms with Gasteiger partial charge in [-0.15, -0.1) is 0 Å². The number of nitrogens with one attached hydrogen (secondary N) is 4. The van der Waals surface area contributed by atoms with Gasteiger partial charge in [-0.2, -0.15) is 0 Å². The van der Waals surface area contributed by atoms with Crippen LogP contribution in [-0.2, 0) is 6.54 Å². The summed E-state index contributed by atoms with van der Waals surface area (Å²) in [6, 6.07) is 9.40. The SMILES string of the molecule is Cc1[nH]cnc1CNc1ccc(-c2cc(=O)[nH][nH]2)cc1. The summed E-state index contributed by atoms with van der Waals surface area (Å²) in [6.45, 7) is 2.67. The molecular formula is C14H15N5O. The summed E-state index contributed by atoms with van der Waals surface area (Å²) >= 11 is 0. The number of imidazole rings is 1. The number of hydrogen-bond donors (Lipinski definition) is 4. The minimum absolute atomic E-state index is 0.129. The number of aromatic nitrogens is 4. The second-order valence-electron chi connectivity index (χ2n) is 4.58. The number of rotatable bonds is 4. The van der Waals surface area contributed by atoms with Crippen LogP contribution in [0.1, 0.15) is 11.4 Å². The fraction of sp³-hybridized carbons (Fsp3) is 0.143. The molecule has 1 aromatic carbocycles. The molecular weight excluding hydrogens is 254 g/mol. The molecule has 0 fully saturated rings. The van der Waals surface area contributed by atoms with Crippen LogP contribution >= 0.6 is 0 Å². The molecule has 0 amide bonds. The maximum atomic E-state index is 11.1. The summed E-state index contributed by atoms with van der Waals surface area (Å²) < 4.78 is 0. The van der Waals surface area contributed by atoms with Gasteiger partial charge in [0.1, 0.15) is 0 Å². The van der Waals surface area contributed by atoms with Gasteiger partial charge in [0.15, 0.2) is 0 Å². The van der Waals surface area contributed by atoms with Crippen LogP contribution in [0.2, 0.25) is 0 Å². The lowest BCUT2D eigenvalue weighted by Gasteiger charge is -2.06. The fourth-order valence-corrected chi connectivity index (χ4v) is 2.01. The van der Waals surface area contributed by atoms with Crippen molar-refractivity contribution in [2.24, 2.45) is 0 Å². The summed E-state index contributed by atoms with van der Waals surface area (Å²) in [6.07, 6.45) is 1.69. The zero-order chi connectivity index (χ0) is 13.9. The van der Waals surface area contributed by atoms with Gasteiger partial charge in [-0.05, 0) is 24.6 Å². The highest BCUT2D eigenvalue weighted by atomic mass is 16.1. The van der Waals surface area contributed by atoms with E-state index in [4.69, 9.17) is 0 Å². The first kappa shape index (κ1) is 12.3. The van der Waals surface area contributed by atoms with Gasteiger partial charge in [-0.1, -0.05) is 12.1 Å². The standard InChI is InChI=1S/C14H15N5O/c1-9-13(17-8-16-9)7-15-11-4-2-10(3-5-11)12-6-14(20)19-18-12/h2-6,8,15H,7H2,1H3,(H,16,17)(H2,18,19,20). The molecule has 0 aliphatic heterocycles. The maximum Gasteiger partial charge on any atom is 0.264 e. The molecule has 2 heterocycles. The van der Waals surface area contributed by atoms with Gasteiger partial charge in [0, 0.05) is 17.4 Å². The van der Waals surface area contributed by atoms with Crippen molar-refractivity contribution in [2.45, 2.75) is 13.5 Å². The van der Waals surface area contributed by atoms with E-state index in [1.165, 1.54) is 6.07 Å². The van der Waals surface area contributed by atoms with Gasteiger partial charge in [0.25, 0.3) is 5.56 Å². The quantitative estimate of drug-likeness (QED) is 0.584. The molecule has 3 rings (SSSR count). The molecule has 0 saturated carbocycles. The van der Waals surface area contributed by atoms with Crippen molar-refractivity contribution in [3.05, 3.63) is 58.4 Å². The number of anilines is 1. The number of nitrogens with zero attached hydrogens (tertiary/aromatic N) is 1. The van der Waals surface area contributed by atoms with Crippen LogP contribution in [0, 0.1) is 6.92 Å². The van der Waals surface area contributed by atoms with E-state index < -0.39 is 0 Å². The summed E-state index contributed by atoms with van der Waals surface area (Å²) in [4.78, 5) is 18.4. The van der Waals surface area contributed by atoms with Gasteiger partial charge in [-0.3, -0.25) is 15.0 Å². The largest absolute Gasteiger partial charge is 0.379 e. The van der Waals surface area contributed by atoms with E-state index in [0.29, 0.717) is 6.54 Å². The Morgan fingerprint density at radius 2 is 2.00 bits per heavy atom. The van der Waals surface area contributed by atoms with Crippen LogP contribution in [0.5, 0.6) is 0 Å². The molecule has 6 heteroatoms. The molecule has 102 valence electrons. The highest BCUT2D eigenvalue weighted by Gasteiger charge is 2.02. The summed E-state index contributed by atoms with van der Waals surface area (Å²) in [5.74, 6) is 0. The van der Waals surface area contributed by atoms with Crippen molar-refractivity contribution in [3.8, 4) is 11.3 Å². The third-order valence-electron chi connectivity index (χ3n) is 3.19. The van der Waals surface area contributed by atoms with E-state index in [1.807, 2.05) is 31.2 Å². The number of aryl methyl sites for hydroxylation is 1. The zero-order valence-corrected chi connectivity index (χ0v) is 11.0. The molecule has 0 bridgehead atoms. The third-order valence-corrected chi connectivity index (χ3v) is 3.19. The van der Waals surface area contributed by atoms with Gasteiger partial charge in [0.2, 0.25) is 0 Å². The minimum atomic E-state index is -0.129. The molecule has 0 spiro atoms. The molecule has 0 radical (unpaired) electrons. The van der Waals surface area contributed by atoms with Crippen LogP contribution in [0.25, 0.3) is 11.3 Å². The topological polar surface area (TPSA) is 89.4 Å². The monoisotopic (exact) mass is 269 g/mol. The highest BCUT2D eigenvalue weighted by Crippen LogP contribution is 2.18. The van der Waals surface area contributed by atoms with Crippen LogP contribution in [0.3, 0.4) is 0 Å². The molecule has 3 aromatic rings. The van der Waals surface area contributed by atoms with Gasteiger partial charge in [-0.25, -0.2) is 4.98 Å². The van der Waals surface area contributed by atoms with E-state index in [9.17, 15) is 4.79 Å². The second-order valence-corrected chi connectivity index (χ2v) is 4.58. The lowest BCUT2D eigenvalue weighted by molar-refractivity contribution is 1.05. The Labute approximate surface area is 115 Å². The summed E-state index contributed by atoms with van der Waals surface area (Å²) in [7, 11) is 0. The number of aromatic amines is 3. The van der Waals surface area contributed by atoms with Gasteiger partial charge in [0.05, 0.1) is 24.3 Å². The molecule has 2 aromatic heterocycles. The molecule has 20 heavy (non-hydrogen) atoms. The predicted octanol–water partition coefficient (Wildman–Crippen LogP) is 2.01. The number of H-pyrrole nitrogens is 3. The van der Waals surface area contributed by atoms with Gasteiger partial charge >= 0.3 is 0 Å². The number of benzene rings is 1. The fourth-order valence-electron chi connectivity index (χ4n) is 2.01. The van der Waals surface area contributed by atoms with E-state index in [1.54, 1.807) is 6.33 Å². The Morgan fingerprint density at radius 1 is 1.20 bits per heavy atom.